The zero-order chi connectivity index (χ0) is 27.2. The molecule has 3 N–H and O–H groups in total. The molecule has 1 saturated heterocycles. The Labute approximate surface area is 228 Å². The third kappa shape index (κ3) is 6.82. The van der Waals surface area contributed by atoms with Crippen LogP contribution in [0.15, 0.2) is 66.7 Å². The Kier molecular flexibility index (Phi) is 8.54. The molecule has 5 rings (SSSR count). The molecule has 204 valence electrons. The standard InChI is InChI=1S/C31H35FN4O3/c32-27-7-2-6-26(19-27)30(37)34-28-20-25(10-11-29(28)35-14-16-39-17-15-35)24-5-1-4-22(18-24)21-36(13-3-12-33)31(38)23-8-9-23/h1-2,4-7,10-11,18-20,23H,3,8-9,12-17,21,33H2,(H,34,37). The molecule has 1 saturated carbocycles. The topological polar surface area (TPSA) is 87.9 Å². The fourth-order valence-corrected chi connectivity index (χ4v) is 4.93. The summed E-state index contributed by atoms with van der Waals surface area (Å²) in [4.78, 5) is 30.0. The quantitative estimate of drug-likeness (QED) is 0.398. The van der Waals surface area contributed by atoms with Crippen LogP contribution in [0.5, 0.6) is 0 Å². The van der Waals surface area contributed by atoms with E-state index < -0.39 is 5.82 Å². The highest BCUT2D eigenvalue weighted by atomic mass is 19.1. The Morgan fingerprint density at radius 1 is 1.00 bits per heavy atom. The molecule has 0 bridgehead atoms. The molecule has 0 radical (unpaired) electrons. The Morgan fingerprint density at radius 3 is 2.51 bits per heavy atom. The highest BCUT2D eigenvalue weighted by molar-refractivity contribution is 6.06. The third-order valence-electron chi connectivity index (χ3n) is 7.19. The molecule has 0 aromatic heterocycles. The number of nitrogens with zero attached hydrogens (tertiary/aromatic N) is 2. The molecular weight excluding hydrogens is 495 g/mol. The van der Waals surface area contributed by atoms with Gasteiger partial charge in [-0.2, -0.15) is 0 Å². The van der Waals surface area contributed by atoms with Gasteiger partial charge in [0.1, 0.15) is 5.82 Å². The van der Waals surface area contributed by atoms with Crippen molar-refractivity contribution in [3.63, 3.8) is 0 Å². The molecule has 0 unspecified atom stereocenters. The monoisotopic (exact) mass is 530 g/mol. The normalized spacial score (nSPS) is 15.2. The molecule has 1 aliphatic carbocycles. The van der Waals surface area contributed by atoms with Gasteiger partial charge in [0.2, 0.25) is 5.91 Å². The van der Waals surface area contributed by atoms with E-state index in [4.69, 9.17) is 10.5 Å². The second-order valence-electron chi connectivity index (χ2n) is 10.2. The Bertz CT molecular complexity index is 1320. The lowest BCUT2D eigenvalue weighted by molar-refractivity contribution is -0.133. The molecule has 7 nitrogen and oxygen atoms in total. The number of morpholine rings is 1. The lowest BCUT2D eigenvalue weighted by atomic mass is 10.0. The molecule has 8 heteroatoms. The number of hydrogen-bond donors (Lipinski definition) is 2. The highest BCUT2D eigenvalue weighted by Crippen LogP contribution is 2.34. The number of hydrogen-bond acceptors (Lipinski definition) is 5. The maximum absolute atomic E-state index is 13.8. The maximum atomic E-state index is 13.8. The second-order valence-corrected chi connectivity index (χ2v) is 10.2. The van der Waals surface area contributed by atoms with Crippen molar-refractivity contribution in [1.82, 2.24) is 4.90 Å². The zero-order valence-electron chi connectivity index (χ0n) is 22.1. The number of nitrogens with two attached hydrogens (primary N) is 1. The number of nitrogens with one attached hydrogen (secondary N) is 1. The number of ether oxygens (including phenoxy) is 1. The zero-order valence-corrected chi connectivity index (χ0v) is 22.1. The number of anilines is 2. The second kappa shape index (κ2) is 12.4. The molecular formula is C31H35FN4O3. The summed E-state index contributed by atoms with van der Waals surface area (Å²) >= 11 is 0. The molecule has 0 spiro atoms. The van der Waals surface area contributed by atoms with E-state index in [-0.39, 0.29) is 23.3 Å². The van der Waals surface area contributed by atoms with Gasteiger partial charge in [-0.05, 0) is 78.9 Å². The van der Waals surface area contributed by atoms with Gasteiger partial charge >= 0.3 is 0 Å². The van der Waals surface area contributed by atoms with Crippen molar-refractivity contribution in [3.8, 4) is 11.1 Å². The predicted octanol–water partition coefficient (Wildman–Crippen LogP) is 4.67. The van der Waals surface area contributed by atoms with Crippen LogP contribution in [0, 0.1) is 11.7 Å². The molecule has 3 aromatic carbocycles. The summed E-state index contributed by atoms with van der Waals surface area (Å²) in [7, 11) is 0. The van der Waals surface area contributed by atoms with Crippen molar-refractivity contribution in [3.05, 3.63) is 83.7 Å². The van der Waals surface area contributed by atoms with Crippen molar-refractivity contribution in [2.45, 2.75) is 25.8 Å². The molecule has 39 heavy (non-hydrogen) atoms. The lowest BCUT2D eigenvalue weighted by Gasteiger charge is -2.31. The maximum Gasteiger partial charge on any atom is 0.255 e. The van der Waals surface area contributed by atoms with Gasteiger partial charge in [0.25, 0.3) is 5.91 Å². The fraction of sp³-hybridized carbons (Fsp3) is 0.355. The minimum Gasteiger partial charge on any atom is -0.378 e. The largest absolute Gasteiger partial charge is 0.378 e. The van der Waals surface area contributed by atoms with Crippen LogP contribution in [0.3, 0.4) is 0 Å². The van der Waals surface area contributed by atoms with Crippen molar-refractivity contribution in [2.75, 3.05) is 49.6 Å². The Hall–Kier alpha value is -3.75. The van der Waals surface area contributed by atoms with Crippen LogP contribution in [0.1, 0.15) is 35.2 Å². The van der Waals surface area contributed by atoms with E-state index in [1.54, 1.807) is 6.07 Å². The summed E-state index contributed by atoms with van der Waals surface area (Å²) in [5.41, 5.74) is 10.5. The average molecular weight is 531 g/mol. The Morgan fingerprint density at radius 2 is 1.77 bits per heavy atom. The third-order valence-corrected chi connectivity index (χ3v) is 7.19. The SMILES string of the molecule is NCCCN(Cc1cccc(-c2ccc(N3CCOCC3)c(NC(=O)c3cccc(F)c3)c2)c1)C(=O)C1CC1. The number of carbonyl (C=O) groups excluding carboxylic acids is 2. The first-order chi connectivity index (χ1) is 19.0. The number of benzene rings is 3. The van der Waals surface area contributed by atoms with Crippen LogP contribution in [0.4, 0.5) is 15.8 Å². The van der Waals surface area contributed by atoms with Crippen LogP contribution in [-0.2, 0) is 16.1 Å². The van der Waals surface area contributed by atoms with Crippen molar-refractivity contribution in [2.24, 2.45) is 11.7 Å². The van der Waals surface area contributed by atoms with Gasteiger partial charge in [0.05, 0.1) is 24.6 Å². The first-order valence-corrected chi connectivity index (χ1v) is 13.6. The number of halogens is 1. The van der Waals surface area contributed by atoms with Gasteiger partial charge in [0, 0.05) is 37.7 Å². The molecule has 1 heterocycles. The van der Waals surface area contributed by atoms with Crippen molar-refractivity contribution in [1.29, 1.82) is 0 Å². The minimum absolute atomic E-state index is 0.156. The van der Waals surface area contributed by atoms with E-state index in [1.165, 1.54) is 18.2 Å². The molecule has 2 fully saturated rings. The van der Waals surface area contributed by atoms with Crippen LogP contribution >= 0.6 is 0 Å². The van der Waals surface area contributed by atoms with E-state index in [0.29, 0.717) is 51.6 Å². The van der Waals surface area contributed by atoms with Crippen LogP contribution in [-0.4, -0.2) is 56.1 Å². The summed E-state index contributed by atoms with van der Waals surface area (Å²) < 4.78 is 19.3. The number of rotatable bonds is 10. The van der Waals surface area contributed by atoms with E-state index in [0.717, 1.165) is 41.6 Å². The molecule has 2 aliphatic rings. The van der Waals surface area contributed by atoms with Gasteiger partial charge in [-0.25, -0.2) is 4.39 Å². The number of carbonyl (C=O) groups is 2. The number of amides is 2. The Balaban J connectivity index is 1.42. The highest BCUT2D eigenvalue weighted by Gasteiger charge is 2.33. The molecule has 0 atom stereocenters. The fourth-order valence-electron chi connectivity index (χ4n) is 4.93. The van der Waals surface area contributed by atoms with E-state index in [1.807, 2.05) is 41.3 Å². The summed E-state index contributed by atoms with van der Waals surface area (Å²) in [5, 5.41) is 3.01. The summed E-state index contributed by atoms with van der Waals surface area (Å²) in [6.45, 7) is 4.39. The van der Waals surface area contributed by atoms with Crippen molar-refractivity contribution >= 4 is 23.2 Å². The van der Waals surface area contributed by atoms with Gasteiger partial charge in [-0.3, -0.25) is 9.59 Å². The van der Waals surface area contributed by atoms with E-state index in [9.17, 15) is 14.0 Å². The van der Waals surface area contributed by atoms with Gasteiger partial charge in [0.15, 0.2) is 0 Å². The van der Waals surface area contributed by atoms with Crippen LogP contribution < -0.4 is 16.0 Å². The van der Waals surface area contributed by atoms with Crippen molar-refractivity contribution < 1.29 is 18.7 Å². The minimum atomic E-state index is -0.456. The molecule has 1 aliphatic heterocycles. The van der Waals surface area contributed by atoms with Crippen LogP contribution in [0.2, 0.25) is 0 Å². The van der Waals surface area contributed by atoms with Gasteiger partial charge in [-0.1, -0.05) is 30.3 Å². The first kappa shape index (κ1) is 26.8. The van der Waals surface area contributed by atoms with Gasteiger partial charge in [-0.15, -0.1) is 0 Å². The van der Waals surface area contributed by atoms with Crippen LogP contribution in [0.25, 0.3) is 11.1 Å². The smallest absolute Gasteiger partial charge is 0.255 e. The molecule has 3 aromatic rings. The summed E-state index contributed by atoms with van der Waals surface area (Å²) in [6.07, 6.45) is 2.71. The average Bonchev–Trinajstić information content (AvgIpc) is 3.81. The summed E-state index contributed by atoms with van der Waals surface area (Å²) in [5.74, 6) is -0.458. The van der Waals surface area contributed by atoms with Gasteiger partial charge < -0.3 is 25.6 Å². The van der Waals surface area contributed by atoms with E-state index in [2.05, 4.69) is 16.3 Å². The van der Waals surface area contributed by atoms with E-state index >= 15 is 0 Å². The predicted molar refractivity (Wildman–Crippen MR) is 151 cm³/mol. The molecule has 2 amide bonds. The summed E-state index contributed by atoms with van der Waals surface area (Å²) in [6, 6.07) is 19.8. The first-order valence-electron chi connectivity index (χ1n) is 13.6. The lowest BCUT2D eigenvalue weighted by Crippen LogP contribution is -2.36.